The summed E-state index contributed by atoms with van der Waals surface area (Å²) in [7, 11) is 1.77. The van der Waals surface area contributed by atoms with Gasteiger partial charge in [0.2, 0.25) is 0 Å². The maximum atomic E-state index is 11.9. The highest BCUT2D eigenvalue weighted by Crippen LogP contribution is 2.18. The highest BCUT2D eigenvalue weighted by molar-refractivity contribution is 7.98. The fourth-order valence-corrected chi connectivity index (χ4v) is 2.45. The predicted molar refractivity (Wildman–Crippen MR) is 72.9 cm³/mol. The van der Waals surface area contributed by atoms with Crippen LogP contribution in [0.5, 0.6) is 0 Å². The Morgan fingerprint density at radius 1 is 1.42 bits per heavy atom. The van der Waals surface area contributed by atoms with Gasteiger partial charge in [0.25, 0.3) is 5.56 Å². The van der Waals surface area contributed by atoms with E-state index in [0.29, 0.717) is 22.6 Å². The molecule has 96 valence electrons. The third-order valence-corrected chi connectivity index (χ3v) is 3.60. The van der Waals surface area contributed by atoms with Crippen molar-refractivity contribution in [3.63, 3.8) is 0 Å². The van der Waals surface area contributed by atoms with E-state index in [2.05, 4.69) is 20.1 Å². The number of aryl methyl sites for hydroxylation is 1. The number of rotatable bonds is 3. The molecule has 0 radical (unpaired) electrons. The molecular formula is C12H11N5OS. The summed E-state index contributed by atoms with van der Waals surface area (Å²) in [5.74, 6) is 1.18. The van der Waals surface area contributed by atoms with E-state index in [1.54, 1.807) is 17.9 Å². The molecule has 0 aliphatic rings. The molecular weight excluding hydrogens is 262 g/mol. The quantitative estimate of drug-likeness (QED) is 0.729. The van der Waals surface area contributed by atoms with Crippen LogP contribution in [0.25, 0.3) is 11.0 Å². The highest BCUT2D eigenvalue weighted by Gasteiger charge is 2.08. The van der Waals surface area contributed by atoms with E-state index >= 15 is 0 Å². The number of aromatic amines is 1. The van der Waals surface area contributed by atoms with E-state index in [9.17, 15) is 4.79 Å². The summed E-state index contributed by atoms with van der Waals surface area (Å²) in [5.41, 5.74) is 0.440. The second kappa shape index (κ2) is 4.85. The third-order valence-electron chi connectivity index (χ3n) is 2.65. The largest absolute Gasteiger partial charge is 0.309 e. The summed E-state index contributed by atoms with van der Waals surface area (Å²) in [6, 6.07) is 5.72. The van der Waals surface area contributed by atoms with Gasteiger partial charge in [0.05, 0.1) is 17.0 Å². The minimum Gasteiger partial charge on any atom is -0.309 e. The molecule has 3 aromatic heterocycles. The summed E-state index contributed by atoms with van der Waals surface area (Å²) in [6.45, 7) is 0. The lowest BCUT2D eigenvalue weighted by Gasteiger charge is -2.01. The first-order valence-corrected chi connectivity index (χ1v) is 6.67. The maximum absolute atomic E-state index is 11.9. The molecule has 0 aromatic carbocycles. The first-order valence-electron chi connectivity index (χ1n) is 5.69. The van der Waals surface area contributed by atoms with Crippen LogP contribution in [0.15, 0.2) is 40.4 Å². The zero-order valence-corrected chi connectivity index (χ0v) is 11.0. The van der Waals surface area contributed by atoms with Crippen molar-refractivity contribution >= 4 is 22.8 Å². The number of hydrogen-bond acceptors (Lipinski definition) is 5. The third kappa shape index (κ3) is 2.37. The lowest BCUT2D eigenvalue weighted by atomic mass is 10.4. The number of fused-ring (bicyclic) bond motifs is 1. The number of aromatic nitrogens is 5. The molecule has 0 unspecified atom stereocenters. The van der Waals surface area contributed by atoms with Gasteiger partial charge in [-0.2, -0.15) is 5.10 Å². The predicted octanol–water partition coefficient (Wildman–Crippen LogP) is 1.34. The van der Waals surface area contributed by atoms with Crippen LogP contribution in [0.4, 0.5) is 0 Å². The summed E-state index contributed by atoms with van der Waals surface area (Å²) in [5, 5.41) is 5.44. The van der Waals surface area contributed by atoms with Crippen molar-refractivity contribution in [1.29, 1.82) is 0 Å². The van der Waals surface area contributed by atoms with Crippen LogP contribution in [-0.2, 0) is 12.8 Å². The Morgan fingerprint density at radius 2 is 2.32 bits per heavy atom. The summed E-state index contributed by atoms with van der Waals surface area (Å²) < 4.78 is 1.60. The first-order chi connectivity index (χ1) is 9.24. The second-order valence-corrected chi connectivity index (χ2v) is 4.97. The summed E-state index contributed by atoms with van der Waals surface area (Å²) >= 11 is 1.53. The molecule has 1 N–H and O–H groups in total. The van der Waals surface area contributed by atoms with Crippen molar-refractivity contribution in [3.8, 4) is 0 Å². The van der Waals surface area contributed by atoms with Gasteiger partial charge in [-0.15, -0.1) is 0 Å². The Kier molecular flexibility index (Phi) is 3.04. The highest BCUT2D eigenvalue weighted by atomic mass is 32.2. The first kappa shape index (κ1) is 11.9. The van der Waals surface area contributed by atoms with Gasteiger partial charge in [0.1, 0.15) is 11.2 Å². The van der Waals surface area contributed by atoms with Gasteiger partial charge in [0, 0.05) is 13.2 Å². The van der Waals surface area contributed by atoms with E-state index in [-0.39, 0.29) is 5.56 Å². The van der Waals surface area contributed by atoms with Crippen LogP contribution in [0.3, 0.4) is 0 Å². The van der Waals surface area contributed by atoms with Crippen LogP contribution in [0.2, 0.25) is 0 Å². The van der Waals surface area contributed by atoms with Gasteiger partial charge < -0.3 is 4.98 Å². The molecule has 19 heavy (non-hydrogen) atoms. The molecule has 0 aliphatic carbocycles. The molecule has 6 nitrogen and oxygen atoms in total. The molecule has 0 bridgehead atoms. The van der Waals surface area contributed by atoms with Crippen LogP contribution in [0.1, 0.15) is 5.82 Å². The lowest BCUT2D eigenvalue weighted by Crippen LogP contribution is -2.11. The van der Waals surface area contributed by atoms with Gasteiger partial charge in [-0.1, -0.05) is 17.8 Å². The zero-order valence-electron chi connectivity index (χ0n) is 10.2. The number of pyridine rings is 1. The maximum Gasteiger partial charge on any atom is 0.262 e. The molecule has 0 saturated carbocycles. The van der Waals surface area contributed by atoms with Crippen molar-refractivity contribution in [3.05, 3.63) is 46.8 Å². The van der Waals surface area contributed by atoms with E-state index < -0.39 is 0 Å². The van der Waals surface area contributed by atoms with E-state index in [1.165, 1.54) is 18.0 Å². The number of nitrogens with one attached hydrogen (secondary N) is 1. The minimum absolute atomic E-state index is 0.158. The average Bonchev–Trinajstić information content (AvgIpc) is 2.80. The summed E-state index contributed by atoms with van der Waals surface area (Å²) in [6.07, 6.45) is 3.26. The molecule has 0 fully saturated rings. The number of nitrogens with zero attached hydrogens (tertiary/aromatic N) is 4. The molecule has 0 aliphatic heterocycles. The van der Waals surface area contributed by atoms with Crippen molar-refractivity contribution in [2.45, 2.75) is 10.8 Å². The molecule has 3 rings (SSSR count). The average molecular weight is 273 g/mol. The molecule has 0 saturated heterocycles. The number of hydrogen-bond donors (Lipinski definition) is 1. The minimum atomic E-state index is -0.158. The number of thioether (sulfide) groups is 1. The van der Waals surface area contributed by atoms with Crippen LogP contribution >= 0.6 is 11.8 Å². The molecule has 3 heterocycles. The van der Waals surface area contributed by atoms with Crippen LogP contribution < -0.4 is 5.56 Å². The molecule has 0 spiro atoms. The fraction of sp³-hybridized carbons (Fsp3) is 0.167. The molecule has 3 aromatic rings. The van der Waals surface area contributed by atoms with Crippen LogP contribution in [0, 0.1) is 0 Å². The van der Waals surface area contributed by atoms with Crippen molar-refractivity contribution in [1.82, 2.24) is 24.7 Å². The monoisotopic (exact) mass is 273 g/mol. The summed E-state index contributed by atoms with van der Waals surface area (Å²) in [4.78, 5) is 23.2. The molecule has 0 atom stereocenters. The van der Waals surface area contributed by atoms with Gasteiger partial charge in [-0.25, -0.2) is 9.97 Å². The van der Waals surface area contributed by atoms with Gasteiger partial charge in [-0.05, 0) is 12.1 Å². The van der Waals surface area contributed by atoms with E-state index in [0.717, 1.165) is 5.03 Å². The van der Waals surface area contributed by atoms with Gasteiger partial charge in [-0.3, -0.25) is 9.48 Å². The Hall–Kier alpha value is -2.15. The van der Waals surface area contributed by atoms with E-state index in [1.807, 2.05) is 18.2 Å². The smallest absolute Gasteiger partial charge is 0.262 e. The van der Waals surface area contributed by atoms with Crippen LogP contribution in [-0.4, -0.2) is 24.7 Å². The Bertz CT molecular complexity index is 765. The lowest BCUT2D eigenvalue weighted by molar-refractivity contribution is 0.782. The zero-order chi connectivity index (χ0) is 13.2. The SMILES string of the molecule is Cn1ncc2c(=O)[nH]c(CSc3ccccn3)nc21. The van der Waals surface area contributed by atoms with Gasteiger partial charge in [0.15, 0.2) is 5.65 Å². The fourth-order valence-electron chi connectivity index (χ4n) is 1.72. The van der Waals surface area contributed by atoms with Crippen molar-refractivity contribution < 1.29 is 0 Å². The van der Waals surface area contributed by atoms with E-state index in [4.69, 9.17) is 0 Å². The molecule has 7 heteroatoms. The normalized spacial score (nSPS) is 11.0. The van der Waals surface area contributed by atoms with Crippen molar-refractivity contribution in [2.24, 2.45) is 7.05 Å². The van der Waals surface area contributed by atoms with Crippen molar-refractivity contribution in [2.75, 3.05) is 0 Å². The standard InChI is InChI=1S/C12H11N5OS/c1-17-11-8(6-14-17)12(18)16-9(15-11)7-19-10-4-2-3-5-13-10/h2-6H,7H2,1H3,(H,15,16,18). The second-order valence-electron chi connectivity index (χ2n) is 3.97. The van der Waals surface area contributed by atoms with Gasteiger partial charge >= 0.3 is 0 Å². The topological polar surface area (TPSA) is 76.5 Å². The molecule has 0 amide bonds. The Balaban J connectivity index is 1.89. The Morgan fingerprint density at radius 3 is 3.11 bits per heavy atom. The number of H-pyrrole nitrogens is 1. The Labute approximate surface area is 112 Å².